The Hall–Kier alpha value is -2.14. The molecule has 1 heterocycles. The maximum atomic E-state index is 12.6. The minimum Gasteiger partial charge on any atom is -0.492 e. The average molecular weight is 541 g/mol. The van der Waals surface area contributed by atoms with Crippen LogP contribution < -0.4 is 14.8 Å². The molecule has 0 atom stereocenters. The van der Waals surface area contributed by atoms with Crippen LogP contribution in [-0.2, 0) is 19.6 Å². The third-order valence-corrected chi connectivity index (χ3v) is 7.64. The van der Waals surface area contributed by atoms with Crippen molar-refractivity contribution in [3.63, 3.8) is 0 Å². The minimum atomic E-state index is -3.53. The number of halogens is 1. The molecule has 8 nitrogen and oxygen atoms in total. The molecule has 2 aromatic carbocycles. The highest BCUT2D eigenvalue weighted by molar-refractivity contribution is 9.10. The van der Waals surface area contributed by atoms with Crippen molar-refractivity contribution in [1.82, 2.24) is 9.62 Å². The molecule has 0 saturated carbocycles. The van der Waals surface area contributed by atoms with Crippen molar-refractivity contribution < 1.29 is 27.4 Å². The molecule has 33 heavy (non-hydrogen) atoms. The summed E-state index contributed by atoms with van der Waals surface area (Å²) < 4.78 is 43.9. The fraction of sp³-hybridized carbons (Fsp3) is 0.435. The second kappa shape index (κ2) is 11.8. The molecular weight excluding hydrogens is 512 g/mol. The van der Waals surface area contributed by atoms with Crippen molar-refractivity contribution in [3.8, 4) is 11.5 Å². The monoisotopic (exact) mass is 540 g/mol. The van der Waals surface area contributed by atoms with E-state index in [2.05, 4.69) is 35.1 Å². The van der Waals surface area contributed by atoms with E-state index in [0.29, 0.717) is 50.3 Å². The third kappa shape index (κ3) is 7.17. The summed E-state index contributed by atoms with van der Waals surface area (Å²) >= 11 is 3.47. The smallest absolute Gasteiger partial charge is 0.258 e. The molecule has 1 saturated heterocycles. The van der Waals surface area contributed by atoms with Gasteiger partial charge in [0.2, 0.25) is 10.0 Å². The van der Waals surface area contributed by atoms with E-state index in [0.717, 1.165) is 4.47 Å². The molecule has 180 valence electrons. The Morgan fingerprint density at radius 2 is 1.82 bits per heavy atom. The molecule has 1 aliphatic rings. The van der Waals surface area contributed by atoms with Crippen LogP contribution in [0.4, 0.5) is 0 Å². The van der Waals surface area contributed by atoms with Gasteiger partial charge in [-0.25, -0.2) is 8.42 Å². The van der Waals surface area contributed by atoms with Gasteiger partial charge in [-0.15, -0.1) is 0 Å². The van der Waals surface area contributed by atoms with Gasteiger partial charge >= 0.3 is 0 Å². The first-order valence-electron chi connectivity index (χ1n) is 10.8. The Balaban J connectivity index is 1.39. The molecule has 3 rings (SSSR count). The van der Waals surface area contributed by atoms with Gasteiger partial charge in [0.1, 0.15) is 18.1 Å². The predicted octanol–water partition coefficient (Wildman–Crippen LogP) is 3.17. The lowest BCUT2D eigenvalue weighted by Crippen LogP contribution is -2.40. The molecule has 0 bridgehead atoms. The number of benzene rings is 2. The van der Waals surface area contributed by atoms with Crippen molar-refractivity contribution in [2.24, 2.45) is 0 Å². The van der Waals surface area contributed by atoms with Crippen LogP contribution in [-0.4, -0.2) is 64.7 Å². The quantitative estimate of drug-likeness (QED) is 0.465. The highest BCUT2D eigenvalue weighted by atomic mass is 79.9. The summed E-state index contributed by atoms with van der Waals surface area (Å²) in [6.07, 6.45) is 0. The molecule has 0 spiro atoms. The van der Waals surface area contributed by atoms with Crippen molar-refractivity contribution in [2.75, 3.05) is 46.1 Å². The average Bonchev–Trinajstić information content (AvgIpc) is 2.82. The van der Waals surface area contributed by atoms with E-state index in [9.17, 15) is 13.2 Å². The summed E-state index contributed by atoms with van der Waals surface area (Å²) in [6.45, 7) is 6.16. The lowest BCUT2D eigenvalue weighted by molar-refractivity contribution is -0.123. The first-order valence-corrected chi connectivity index (χ1v) is 13.0. The zero-order chi connectivity index (χ0) is 23.8. The van der Waals surface area contributed by atoms with Gasteiger partial charge in [0.05, 0.1) is 29.1 Å². The summed E-state index contributed by atoms with van der Waals surface area (Å²) in [7, 11) is -3.53. The number of morpholine rings is 1. The number of hydrogen-bond acceptors (Lipinski definition) is 6. The van der Waals surface area contributed by atoms with Gasteiger partial charge in [0.15, 0.2) is 6.61 Å². The molecule has 1 aliphatic heterocycles. The Bertz CT molecular complexity index is 1040. The van der Waals surface area contributed by atoms with E-state index in [4.69, 9.17) is 14.2 Å². The van der Waals surface area contributed by atoms with Crippen LogP contribution in [0.5, 0.6) is 11.5 Å². The molecule has 1 N–H and O–H groups in total. The summed E-state index contributed by atoms with van der Waals surface area (Å²) in [6, 6.07) is 12.1. The van der Waals surface area contributed by atoms with Gasteiger partial charge < -0.3 is 19.5 Å². The number of sulfonamides is 1. The largest absolute Gasteiger partial charge is 0.492 e. The number of carbonyl (C=O) groups is 1. The van der Waals surface area contributed by atoms with Gasteiger partial charge in [-0.1, -0.05) is 19.9 Å². The summed E-state index contributed by atoms with van der Waals surface area (Å²) in [5, 5.41) is 2.73. The topological polar surface area (TPSA) is 94.2 Å². The molecule has 0 radical (unpaired) electrons. The molecule has 0 unspecified atom stereocenters. The van der Waals surface area contributed by atoms with E-state index >= 15 is 0 Å². The van der Waals surface area contributed by atoms with Crippen molar-refractivity contribution in [3.05, 3.63) is 52.5 Å². The zero-order valence-corrected chi connectivity index (χ0v) is 21.2. The van der Waals surface area contributed by atoms with E-state index < -0.39 is 10.0 Å². The molecule has 1 amide bonds. The number of ether oxygens (including phenoxy) is 3. The Labute approximate surface area is 203 Å². The molecule has 0 aliphatic carbocycles. The fourth-order valence-electron chi connectivity index (χ4n) is 3.19. The molecule has 0 aromatic heterocycles. The summed E-state index contributed by atoms with van der Waals surface area (Å²) in [5.41, 5.74) is 1.18. The van der Waals surface area contributed by atoms with Crippen LogP contribution in [0, 0.1) is 0 Å². The van der Waals surface area contributed by atoms with Gasteiger partial charge in [0.25, 0.3) is 5.91 Å². The second-order valence-electron chi connectivity index (χ2n) is 7.82. The zero-order valence-electron chi connectivity index (χ0n) is 18.8. The number of nitrogens with zero attached hydrogens (tertiary/aromatic N) is 1. The van der Waals surface area contributed by atoms with Gasteiger partial charge in [-0.2, -0.15) is 4.31 Å². The number of rotatable bonds is 10. The van der Waals surface area contributed by atoms with E-state index in [1.165, 1.54) is 22.0 Å². The van der Waals surface area contributed by atoms with Gasteiger partial charge in [-0.3, -0.25) is 4.79 Å². The highest BCUT2D eigenvalue weighted by Gasteiger charge is 2.26. The Kier molecular flexibility index (Phi) is 9.13. The molecule has 2 aromatic rings. The lowest BCUT2D eigenvalue weighted by atomic mass is 10.0. The van der Waals surface area contributed by atoms with Crippen LogP contribution in [0.15, 0.2) is 51.8 Å². The summed E-state index contributed by atoms with van der Waals surface area (Å²) in [4.78, 5) is 12.2. The van der Waals surface area contributed by atoms with Crippen LogP contribution in [0.2, 0.25) is 0 Å². The van der Waals surface area contributed by atoms with E-state index in [-0.39, 0.29) is 24.0 Å². The highest BCUT2D eigenvalue weighted by Crippen LogP contribution is 2.28. The number of amides is 1. The Morgan fingerprint density at radius 3 is 2.45 bits per heavy atom. The number of nitrogens with one attached hydrogen (secondary N) is 1. The molecule has 1 fully saturated rings. The van der Waals surface area contributed by atoms with Crippen LogP contribution in [0.1, 0.15) is 25.3 Å². The Morgan fingerprint density at radius 1 is 1.12 bits per heavy atom. The van der Waals surface area contributed by atoms with Crippen molar-refractivity contribution in [1.29, 1.82) is 0 Å². The van der Waals surface area contributed by atoms with Crippen LogP contribution in [0.25, 0.3) is 0 Å². The first-order chi connectivity index (χ1) is 15.8. The lowest BCUT2D eigenvalue weighted by Gasteiger charge is -2.26. The van der Waals surface area contributed by atoms with Crippen LogP contribution in [0.3, 0.4) is 0 Å². The molecular formula is C23H29BrN2O6S. The van der Waals surface area contributed by atoms with E-state index in [1.54, 1.807) is 12.1 Å². The normalized spacial score (nSPS) is 14.8. The fourth-order valence-corrected chi connectivity index (χ4v) is 5.11. The first kappa shape index (κ1) is 25.5. The van der Waals surface area contributed by atoms with Gasteiger partial charge in [-0.05, 0) is 63.8 Å². The standard InChI is InChI=1S/C23H29BrN2O6S/c1-17(2)18-3-8-22(21(24)15-18)32-16-23(27)25-9-12-31-19-4-6-20(7-5-19)33(28,29)26-10-13-30-14-11-26/h3-8,15,17H,9-14,16H2,1-2H3,(H,25,27). The van der Waals surface area contributed by atoms with Crippen molar-refractivity contribution >= 4 is 31.9 Å². The predicted molar refractivity (Wildman–Crippen MR) is 128 cm³/mol. The second-order valence-corrected chi connectivity index (χ2v) is 10.6. The SMILES string of the molecule is CC(C)c1ccc(OCC(=O)NCCOc2ccc(S(=O)(=O)N3CCOCC3)cc2)c(Br)c1. The minimum absolute atomic E-state index is 0.103. The van der Waals surface area contributed by atoms with Gasteiger partial charge in [0, 0.05) is 13.1 Å². The van der Waals surface area contributed by atoms with Crippen LogP contribution >= 0.6 is 15.9 Å². The number of hydrogen-bond donors (Lipinski definition) is 1. The van der Waals surface area contributed by atoms with Crippen molar-refractivity contribution in [2.45, 2.75) is 24.7 Å². The maximum absolute atomic E-state index is 12.6. The third-order valence-electron chi connectivity index (χ3n) is 5.11. The maximum Gasteiger partial charge on any atom is 0.258 e. The number of carbonyl (C=O) groups excluding carboxylic acids is 1. The van der Waals surface area contributed by atoms with E-state index in [1.807, 2.05) is 18.2 Å². The summed E-state index contributed by atoms with van der Waals surface area (Å²) in [5.74, 6) is 1.28. The molecule has 10 heteroatoms.